The van der Waals surface area contributed by atoms with Crippen molar-refractivity contribution in [2.75, 3.05) is 0 Å². The minimum atomic E-state index is -0.761. The second-order valence-electron chi connectivity index (χ2n) is 7.07. The Kier molecular flexibility index (Phi) is 4.43. The van der Waals surface area contributed by atoms with Gasteiger partial charge in [-0.05, 0) is 37.6 Å². The predicted molar refractivity (Wildman–Crippen MR) is 95.9 cm³/mol. The summed E-state index contributed by atoms with van der Waals surface area (Å²) in [4.78, 5) is 33.8. The van der Waals surface area contributed by atoms with Crippen LogP contribution in [-0.4, -0.2) is 35.4 Å². The Hall–Kier alpha value is -3.13. The molecule has 3 fully saturated rings. The van der Waals surface area contributed by atoms with Gasteiger partial charge in [-0.25, -0.2) is 9.59 Å². The van der Waals surface area contributed by atoms with Gasteiger partial charge in [0.05, 0.1) is 12.0 Å². The summed E-state index contributed by atoms with van der Waals surface area (Å²) in [7, 11) is 0. The molecule has 8 nitrogen and oxygen atoms in total. The van der Waals surface area contributed by atoms with E-state index in [4.69, 9.17) is 18.6 Å². The number of hydrogen-bond donors (Lipinski definition) is 1. The molecule has 0 saturated carbocycles. The van der Waals surface area contributed by atoms with Crippen LogP contribution in [0.15, 0.2) is 45.6 Å². The molecule has 1 N–H and O–H groups in total. The summed E-state index contributed by atoms with van der Waals surface area (Å²) in [6, 6.07) is 5.58. The van der Waals surface area contributed by atoms with Gasteiger partial charge in [0, 0.05) is 17.4 Å². The second-order valence-corrected chi connectivity index (χ2v) is 7.07. The average molecular weight is 386 g/mol. The Morgan fingerprint density at radius 1 is 1.25 bits per heavy atom. The molecule has 3 saturated heterocycles. The number of benzene rings is 1. The van der Waals surface area contributed by atoms with Crippen molar-refractivity contribution in [1.29, 1.82) is 0 Å². The maximum absolute atomic E-state index is 11.5. The highest BCUT2D eigenvalue weighted by molar-refractivity contribution is 5.89. The van der Waals surface area contributed by atoms with Crippen molar-refractivity contribution in [2.24, 2.45) is 5.92 Å². The van der Waals surface area contributed by atoms with E-state index in [2.05, 4.69) is 6.58 Å². The zero-order valence-corrected chi connectivity index (χ0v) is 15.0. The summed E-state index contributed by atoms with van der Waals surface area (Å²) >= 11 is 0. The van der Waals surface area contributed by atoms with Crippen molar-refractivity contribution in [3.05, 3.63) is 46.8 Å². The number of aromatic hydroxyl groups is 1. The minimum absolute atomic E-state index is 0.0218. The van der Waals surface area contributed by atoms with Crippen LogP contribution < -0.4 is 10.4 Å². The molecule has 2 aromatic rings. The summed E-state index contributed by atoms with van der Waals surface area (Å²) in [6.45, 7) is 4.88. The summed E-state index contributed by atoms with van der Waals surface area (Å²) < 4.78 is 20.3. The third-order valence-corrected chi connectivity index (χ3v) is 4.93. The van der Waals surface area contributed by atoms with Crippen LogP contribution in [0, 0.1) is 5.92 Å². The molecule has 2 bridgehead atoms. The molecule has 1 aromatic heterocycles. The standard InChI is InChI=1S/C13H10O5.C7H8O3/c1-7(2)12(15)18-11-6-8-5-9(14)3-4-10(8)17-13(11)16;8-7-4-1-3-2-5(10-7)6(4)9-3/h3-6,14H,1H2,2H3;3-6H,1-2H2. The molecule has 0 amide bonds. The number of carbonyl (C=O) groups excluding carboxylic acids is 2. The quantitative estimate of drug-likeness (QED) is 0.474. The van der Waals surface area contributed by atoms with Gasteiger partial charge in [0.1, 0.15) is 23.5 Å². The normalized spacial score (nSPS) is 26.5. The lowest BCUT2D eigenvalue weighted by molar-refractivity contribution is -0.143. The van der Waals surface area contributed by atoms with E-state index in [1.807, 2.05) is 0 Å². The lowest BCUT2D eigenvalue weighted by Crippen LogP contribution is -2.22. The lowest BCUT2D eigenvalue weighted by Gasteiger charge is -2.07. The van der Waals surface area contributed by atoms with E-state index >= 15 is 0 Å². The van der Waals surface area contributed by atoms with Crippen LogP contribution in [0.4, 0.5) is 0 Å². The van der Waals surface area contributed by atoms with Gasteiger partial charge in [-0.3, -0.25) is 4.79 Å². The molecular formula is C20H18O8. The van der Waals surface area contributed by atoms with Gasteiger partial charge in [0.2, 0.25) is 5.75 Å². The Bertz CT molecular complexity index is 1030. The number of esters is 2. The summed E-state index contributed by atoms with van der Waals surface area (Å²) in [6.07, 6.45) is 2.40. The fourth-order valence-electron chi connectivity index (χ4n) is 3.61. The second kappa shape index (κ2) is 6.79. The number of fused-ring (bicyclic) bond motifs is 2. The summed E-state index contributed by atoms with van der Waals surface area (Å²) in [5, 5.41) is 9.78. The van der Waals surface area contributed by atoms with E-state index in [-0.39, 0.29) is 41.2 Å². The van der Waals surface area contributed by atoms with Crippen LogP contribution >= 0.6 is 0 Å². The first-order valence-corrected chi connectivity index (χ1v) is 8.82. The Balaban J connectivity index is 0.000000159. The number of carbonyl (C=O) groups is 2. The van der Waals surface area contributed by atoms with Gasteiger partial charge >= 0.3 is 17.6 Å². The van der Waals surface area contributed by atoms with Gasteiger partial charge < -0.3 is 23.7 Å². The highest BCUT2D eigenvalue weighted by Gasteiger charge is 2.58. The third kappa shape index (κ3) is 3.27. The largest absolute Gasteiger partial charge is 0.508 e. The van der Waals surface area contributed by atoms with Crippen LogP contribution in [0.5, 0.6) is 11.5 Å². The molecule has 5 rings (SSSR count). The topological polar surface area (TPSA) is 112 Å². The highest BCUT2D eigenvalue weighted by atomic mass is 16.6. The Morgan fingerprint density at radius 3 is 2.68 bits per heavy atom. The summed E-state index contributed by atoms with van der Waals surface area (Å²) in [5.41, 5.74) is -0.291. The maximum atomic E-state index is 11.5. The van der Waals surface area contributed by atoms with E-state index in [9.17, 15) is 19.5 Å². The van der Waals surface area contributed by atoms with Crippen molar-refractivity contribution < 1.29 is 33.3 Å². The van der Waals surface area contributed by atoms with Crippen LogP contribution in [0.1, 0.15) is 19.8 Å². The monoisotopic (exact) mass is 386 g/mol. The van der Waals surface area contributed by atoms with Crippen molar-refractivity contribution in [3.63, 3.8) is 0 Å². The predicted octanol–water partition coefficient (Wildman–Crippen LogP) is 2.07. The molecule has 28 heavy (non-hydrogen) atoms. The van der Waals surface area contributed by atoms with Gasteiger partial charge in [-0.1, -0.05) is 6.58 Å². The van der Waals surface area contributed by atoms with Gasteiger partial charge in [0.25, 0.3) is 0 Å². The Labute approximate surface area is 159 Å². The van der Waals surface area contributed by atoms with Gasteiger partial charge in [0.15, 0.2) is 0 Å². The smallest absolute Gasteiger partial charge is 0.379 e. The SMILES string of the molecule is C=C(C)C(=O)Oc1cc2cc(O)ccc2oc1=O.O=C1OC2CC3CC1C2O3. The van der Waals surface area contributed by atoms with E-state index in [1.54, 1.807) is 0 Å². The molecule has 1 aromatic carbocycles. The van der Waals surface area contributed by atoms with E-state index < -0.39 is 11.6 Å². The molecule has 3 aliphatic heterocycles. The lowest BCUT2D eigenvalue weighted by atomic mass is 9.90. The van der Waals surface area contributed by atoms with Crippen LogP contribution in [0.3, 0.4) is 0 Å². The van der Waals surface area contributed by atoms with Crippen LogP contribution in [-0.2, 0) is 19.1 Å². The average Bonchev–Trinajstić information content (AvgIpc) is 3.27. The molecule has 4 heterocycles. The zero-order valence-electron chi connectivity index (χ0n) is 15.0. The van der Waals surface area contributed by atoms with E-state index in [1.165, 1.54) is 31.2 Å². The third-order valence-electron chi connectivity index (χ3n) is 4.93. The number of hydrogen-bond acceptors (Lipinski definition) is 8. The fraction of sp³-hybridized carbons (Fsp3) is 0.350. The number of ether oxygens (including phenoxy) is 3. The first kappa shape index (κ1) is 18.2. The van der Waals surface area contributed by atoms with Crippen LogP contribution in [0.2, 0.25) is 0 Å². The molecule has 0 spiro atoms. The molecule has 4 atom stereocenters. The maximum Gasteiger partial charge on any atom is 0.379 e. The molecule has 4 unspecified atom stereocenters. The number of rotatable bonds is 2. The first-order chi connectivity index (χ1) is 13.3. The molecule has 3 aliphatic rings. The fourth-order valence-corrected chi connectivity index (χ4v) is 3.61. The number of phenolic OH excluding ortho intramolecular Hbond substituents is 1. The van der Waals surface area contributed by atoms with Crippen molar-refractivity contribution >= 4 is 22.9 Å². The van der Waals surface area contributed by atoms with Crippen molar-refractivity contribution in [1.82, 2.24) is 0 Å². The first-order valence-electron chi connectivity index (χ1n) is 8.82. The van der Waals surface area contributed by atoms with Crippen molar-refractivity contribution in [2.45, 2.75) is 38.1 Å². The van der Waals surface area contributed by atoms with E-state index in [0.29, 0.717) is 17.1 Å². The Morgan fingerprint density at radius 2 is 2.04 bits per heavy atom. The molecule has 0 radical (unpaired) electrons. The molecule has 0 aliphatic carbocycles. The molecule has 146 valence electrons. The number of phenols is 1. The minimum Gasteiger partial charge on any atom is -0.508 e. The van der Waals surface area contributed by atoms with Crippen molar-refractivity contribution in [3.8, 4) is 11.5 Å². The van der Waals surface area contributed by atoms with Gasteiger partial charge in [-0.15, -0.1) is 0 Å². The zero-order chi connectivity index (χ0) is 20.0. The molecular weight excluding hydrogens is 368 g/mol. The van der Waals surface area contributed by atoms with Crippen LogP contribution in [0.25, 0.3) is 11.0 Å². The van der Waals surface area contributed by atoms with E-state index in [0.717, 1.165) is 12.8 Å². The van der Waals surface area contributed by atoms with Gasteiger partial charge in [-0.2, -0.15) is 0 Å². The molecule has 8 heteroatoms. The highest BCUT2D eigenvalue weighted by Crippen LogP contribution is 2.45. The summed E-state index contributed by atoms with van der Waals surface area (Å²) in [5.74, 6) is -0.866.